The molecule has 0 unspecified atom stereocenters. The van der Waals surface area contributed by atoms with Crippen LogP contribution in [0.3, 0.4) is 0 Å². The van der Waals surface area contributed by atoms with Gasteiger partial charge < -0.3 is 4.90 Å². The summed E-state index contributed by atoms with van der Waals surface area (Å²) in [5.74, 6) is -0.0363. The minimum Gasteiger partial charge on any atom is -0.301 e. The van der Waals surface area contributed by atoms with Crippen LogP contribution in [-0.4, -0.2) is 34.2 Å². The van der Waals surface area contributed by atoms with Crippen molar-refractivity contribution in [3.05, 3.63) is 24.6 Å². The fourth-order valence-electron chi connectivity index (χ4n) is 2.34. The zero-order valence-corrected chi connectivity index (χ0v) is 12.8. The second kappa shape index (κ2) is 4.51. The van der Waals surface area contributed by atoms with Gasteiger partial charge in [0.15, 0.2) is 0 Å². The molecule has 0 N–H and O–H groups in total. The van der Waals surface area contributed by atoms with E-state index < -0.39 is 11.0 Å². The van der Waals surface area contributed by atoms with Crippen molar-refractivity contribution in [2.75, 3.05) is 7.05 Å². The van der Waals surface area contributed by atoms with E-state index in [1.165, 1.54) is 4.90 Å². The molecule has 1 heterocycles. The van der Waals surface area contributed by atoms with Crippen molar-refractivity contribution in [1.29, 1.82) is 0 Å². The Bertz CT molecular complexity index is 461. The molecule has 1 aliphatic rings. The molecule has 1 saturated heterocycles. The first kappa shape index (κ1) is 15.5. The Labute approximate surface area is 115 Å². The number of hydrogen-bond donors (Lipinski definition) is 0. The largest absolute Gasteiger partial charge is 0.301 e. The molecule has 0 bridgehead atoms. The minimum absolute atomic E-state index is 0.222. The zero-order chi connectivity index (χ0) is 15.2. The summed E-state index contributed by atoms with van der Waals surface area (Å²) >= 11 is 0. The Morgan fingerprint density at radius 1 is 1.26 bits per heavy atom. The molecule has 4 heteroatoms. The monoisotopic (exact) mass is 264 g/mol. The molecular weight excluding hydrogens is 240 g/mol. The zero-order valence-electron chi connectivity index (χ0n) is 12.8. The molecule has 0 saturated carbocycles. The second-order valence-corrected chi connectivity index (χ2v) is 6.06. The van der Waals surface area contributed by atoms with Crippen LogP contribution in [0.25, 0.3) is 0 Å². The highest BCUT2D eigenvalue weighted by atomic mass is 16.2. The lowest BCUT2D eigenvalue weighted by Gasteiger charge is -2.50. The first-order chi connectivity index (χ1) is 8.49. The molecule has 2 amide bonds. The van der Waals surface area contributed by atoms with E-state index in [4.69, 9.17) is 0 Å². The molecule has 0 aromatic carbocycles. The summed E-state index contributed by atoms with van der Waals surface area (Å²) < 4.78 is 0. The van der Waals surface area contributed by atoms with E-state index in [9.17, 15) is 9.59 Å². The molecule has 106 valence electrons. The first-order valence-corrected chi connectivity index (χ1v) is 6.49. The molecule has 19 heavy (non-hydrogen) atoms. The van der Waals surface area contributed by atoms with Crippen LogP contribution in [0, 0.1) is 5.41 Å². The molecule has 0 aromatic rings. The van der Waals surface area contributed by atoms with Gasteiger partial charge in [-0.05, 0) is 34.1 Å². The number of carbonyl (C=O) groups is 2. The van der Waals surface area contributed by atoms with Gasteiger partial charge in [-0.15, -0.1) is 0 Å². The Morgan fingerprint density at radius 3 is 2.16 bits per heavy atom. The highest BCUT2D eigenvalue weighted by molar-refractivity contribution is 6.08. The molecule has 4 nitrogen and oxygen atoms in total. The molecule has 0 aromatic heterocycles. The molecule has 1 fully saturated rings. The van der Waals surface area contributed by atoms with Crippen molar-refractivity contribution in [2.24, 2.45) is 5.41 Å². The summed E-state index contributed by atoms with van der Waals surface area (Å²) in [4.78, 5) is 27.9. The lowest BCUT2D eigenvalue weighted by molar-refractivity contribution is -0.162. The van der Waals surface area contributed by atoms with Gasteiger partial charge in [-0.25, -0.2) is 0 Å². The number of hydrogen-bond acceptors (Lipinski definition) is 2. The van der Waals surface area contributed by atoms with Crippen molar-refractivity contribution < 1.29 is 9.59 Å². The van der Waals surface area contributed by atoms with Crippen molar-refractivity contribution in [2.45, 2.75) is 46.6 Å². The highest BCUT2D eigenvalue weighted by Crippen LogP contribution is 2.38. The standard InChI is InChI=1S/C15H24N2O2/c1-9-10(2)15(6,7)17-11(3)16(8)12(18)14(4,5)13(17)19/h2-3,9H2,1,4-8H3. The maximum absolute atomic E-state index is 12.7. The van der Waals surface area contributed by atoms with Crippen LogP contribution < -0.4 is 0 Å². The topological polar surface area (TPSA) is 40.6 Å². The Hall–Kier alpha value is -1.58. The summed E-state index contributed by atoms with van der Waals surface area (Å²) in [6, 6.07) is 0. The third-order valence-corrected chi connectivity index (χ3v) is 4.07. The van der Waals surface area contributed by atoms with E-state index in [2.05, 4.69) is 13.2 Å². The maximum Gasteiger partial charge on any atom is 0.243 e. The lowest BCUT2D eigenvalue weighted by Crippen LogP contribution is -2.63. The number of amides is 2. The van der Waals surface area contributed by atoms with Gasteiger partial charge in [0.05, 0.1) is 5.54 Å². The van der Waals surface area contributed by atoms with Gasteiger partial charge in [-0.2, -0.15) is 0 Å². The van der Waals surface area contributed by atoms with Crippen LogP contribution in [0.4, 0.5) is 0 Å². The third-order valence-electron chi connectivity index (χ3n) is 4.07. The quantitative estimate of drug-likeness (QED) is 0.580. The van der Waals surface area contributed by atoms with Crippen molar-refractivity contribution in [3.63, 3.8) is 0 Å². The van der Waals surface area contributed by atoms with Gasteiger partial charge in [0.1, 0.15) is 11.2 Å². The van der Waals surface area contributed by atoms with Crippen LogP contribution in [0.1, 0.15) is 41.0 Å². The van der Waals surface area contributed by atoms with E-state index in [0.29, 0.717) is 5.82 Å². The van der Waals surface area contributed by atoms with Gasteiger partial charge in [0, 0.05) is 7.05 Å². The predicted octanol–water partition coefficient (Wildman–Crippen LogP) is 2.53. The Kier molecular flexibility index (Phi) is 3.67. The summed E-state index contributed by atoms with van der Waals surface area (Å²) in [5.41, 5.74) is -0.698. The lowest BCUT2D eigenvalue weighted by atomic mass is 9.82. The normalized spacial score (nSPS) is 20.0. The predicted molar refractivity (Wildman–Crippen MR) is 76.0 cm³/mol. The summed E-state index contributed by atoms with van der Waals surface area (Å²) in [6.45, 7) is 17.1. The maximum atomic E-state index is 12.7. The van der Waals surface area contributed by atoms with Crippen LogP contribution in [-0.2, 0) is 9.59 Å². The highest BCUT2D eigenvalue weighted by Gasteiger charge is 2.51. The van der Waals surface area contributed by atoms with Crippen LogP contribution in [0.5, 0.6) is 0 Å². The molecule has 0 aliphatic carbocycles. The summed E-state index contributed by atoms with van der Waals surface area (Å²) in [7, 11) is 1.65. The fourth-order valence-corrected chi connectivity index (χ4v) is 2.34. The van der Waals surface area contributed by atoms with Gasteiger partial charge >= 0.3 is 0 Å². The molecule has 0 atom stereocenters. The number of nitrogens with zero attached hydrogens (tertiary/aromatic N) is 2. The van der Waals surface area contributed by atoms with Crippen molar-refractivity contribution in [1.82, 2.24) is 9.80 Å². The fraction of sp³-hybridized carbons (Fsp3) is 0.600. The molecule has 0 spiro atoms. The van der Waals surface area contributed by atoms with E-state index in [0.717, 1.165) is 12.0 Å². The minimum atomic E-state index is -1.07. The molecule has 1 rings (SSSR count). The van der Waals surface area contributed by atoms with Gasteiger partial charge in [0.25, 0.3) is 0 Å². The van der Waals surface area contributed by atoms with E-state index >= 15 is 0 Å². The SMILES string of the molecule is C=C1N(C)C(=O)C(C)(C)C(=O)N1C(C)(C)C(=C)CC. The van der Waals surface area contributed by atoms with Gasteiger partial charge in [-0.1, -0.05) is 25.7 Å². The van der Waals surface area contributed by atoms with Crippen molar-refractivity contribution in [3.8, 4) is 0 Å². The van der Waals surface area contributed by atoms with Gasteiger partial charge in [-0.3, -0.25) is 14.5 Å². The molecular formula is C15H24N2O2. The Balaban J connectivity index is 3.35. The number of carbonyl (C=O) groups excluding carboxylic acids is 2. The van der Waals surface area contributed by atoms with Crippen LogP contribution in [0.2, 0.25) is 0 Å². The average molecular weight is 264 g/mol. The molecule has 0 radical (unpaired) electrons. The van der Waals surface area contributed by atoms with Gasteiger partial charge in [0.2, 0.25) is 11.8 Å². The first-order valence-electron chi connectivity index (χ1n) is 6.49. The van der Waals surface area contributed by atoms with Crippen molar-refractivity contribution >= 4 is 11.8 Å². The smallest absolute Gasteiger partial charge is 0.243 e. The third kappa shape index (κ3) is 2.09. The molecule has 1 aliphatic heterocycles. The van der Waals surface area contributed by atoms with E-state index in [1.807, 2.05) is 20.8 Å². The average Bonchev–Trinajstić information content (AvgIpc) is 2.33. The van der Waals surface area contributed by atoms with E-state index in [1.54, 1.807) is 25.8 Å². The summed E-state index contributed by atoms with van der Waals surface area (Å²) in [5, 5.41) is 0. The van der Waals surface area contributed by atoms with Crippen LogP contribution >= 0.6 is 0 Å². The van der Waals surface area contributed by atoms with E-state index in [-0.39, 0.29) is 11.8 Å². The second-order valence-electron chi connectivity index (χ2n) is 6.06. The number of rotatable bonds is 3. The summed E-state index contributed by atoms with van der Waals surface area (Å²) in [6.07, 6.45) is 0.766. The van der Waals surface area contributed by atoms with Crippen LogP contribution in [0.15, 0.2) is 24.6 Å². The Morgan fingerprint density at radius 2 is 1.74 bits per heavy atom.